The normalized spacial score (nSPS) is 44.3. The van der Waals surface area contributed by atoms with Gasteiger partial charge in [0.2, 0.25) is 0 Å². The lowest BCUT2D eigenvalue weighted by atomic mass is 9.80. The van der Waals surface area contributed by atoms with Crippen LogP contribution in [0, 0.1) is 35.5 Å². The van der Waals surface area contributed by atoms with E-state index in [1.807, 2.05) is 13.0 Å². The minimum absolute atomic E-state index is 0.0134. The first-order valence-electron chi connectivity index (χ1n) is 35.6. The molecule has 0 aromatic rings. The van der Waals surface area contributed by atoms with Crippen LogP contribution in [0.25, 0.3) is 0 Å². The molecule has 23 unspecified atom stereocenters. The van der Waals surface area contributed by atoms with Crippen molar-refractivity contribution < 1.29 is 105 Å². The van der Waals surface area contributed by atoms with Crippen LogP contribution in [0.1, 0.15) is 217 Å². The molecule has 3 aliphatic heterocycles. The van der Waals surface area contributed by atoms with Crippen LogP contribution < -0.4 is 0 Å². The first-order valence-corrected chi connectivity index (χ1v) is 35.6. The number of aliphatic hydroxyl groups is 16. The predicted molar refractivity (Wildman–Crippen MR) is 359 cm³/mol. The molecule has 16 N–H and O–H groups in total. The Morgan fingerprint density at radius 3 is 1.78 bits per heavy atom. The van der Waals surface area contributed by atoms with E-state index in [9.17, 15) is 86.5 Å². The van der Waals surface area contributed by atoms with Gasteiger partial charge < -0.3 is 106 Å². The van der Waals surface area contributed by atoms with Gasteiger partial charge in [-0.1, -0.05) is 97.6 Å². The molecule has 0 aromatic carbocycles. The van der Waals surface area contributed by atoms with E-state index in [0.717, 1.165) is 25.7 Å². The summed E-state index contributed by atoms with van der Waals surface area (Å²) in [6, 6.07) is -0.775. The number of carbonyl (C=O) groups is 1. The summed E-state index contributed by atoms with van der Waals surface area (Å²) in [6.07, 6.45) is -1.84. The number of likely N-dealkylation sites (N-methyl/N-ethyl adjacent to an activating group) is 1. The van der Waals surface area contributed by atoms with Crippen molar-refractivity contribution in [2.24, 2.45) is 35.5 Å². The van der Waals surface area contributed by atoms with Crippen LogP contribution in [0.15, 0.2) is 47.6 Å². The Hall–Kier alpha value is -2.37. The highest BCUT2D eigenvalue weighted by Gasteiger charge is 2.53. The number of hydrogen-bond donors (Lipinski definition) is 16. The van der Waals surface area contributed by atoms with Crippen LogP contribution in [0.2, 0.25) is 0 Å². The molecule has 0 spiro atoms. The lowest BCUT2D eigenvalue weighted by Crippen LogP contribution is -2.64. The highest BCUT2D eigenvalue weighted by molar-refractivity contribution is 5.71. The number of esters is 1. The number of unbranched alkanes of at least 4 members (excludes halogenated alkanes) is 3. The van der Waals surface area contributed by atoms with Gasteiger partial charge in [-0.15, -0.1) is 0 Å². The van der Waals surface area contributed by atoms with Gasteiger partial charge in [0.05, 0.1) is 116 Å². The van der Waals surface area contributed by atoms with Gasteiger partial charge >= 0.3 is 5.97 Å². The van der Waals surface area contributed by atoms with Crippen molar-refractivity contribution in [2.75, 3.05) is 14.1 Å². The monoisotopic (exact) mass is 1350 g/mol. The third kappa shape index (κ3) is 29.4. The van der Waals surface area contributed by atoms with Gasteiger partial charge in [-0.25, -0.2) is 0 Å². The van der Waals surface area contributed by atoms with Crippen LogP contribution in [0.3, 0.4) is 0 Å². The van der Waals surface area contributed by atoms with Crippen molar-refractivity contribution in [3.05, 3.63) is 47.6 Å². The second-order valence-electron chi connectivity index (χ2n) is 29.0. The molecule has 3 heterocycles. The molecule has 550 valence electrons. The number of ether oxygens (including phenoxy) is 4. The SMILES string of the molecule is CCCCCCC1/C=C(\C)C(O)CC(O)CCCC(O)C(C)C(O)C/C=C/C=C(\C)C(O)C(C)C2CC(O[C@@H]3O[C@H](C)[C@@H](O)[C@H](N(C)C)[C@H]3O)C(C)C(O)(CC(=O)OC(C)/C=C/C(O)CC(O)CCCC(O)C(C)C(O)CCC(C)C(O)CC(O)CC(O)CCCC1O)O2. The van der Waals surface area contributed by atoms with Gasteiger partial charge in [0.1, 0.15) is 12.2 Å². The van der Waals surface area contributed by atoms with Crippen LogP contribution in [-0.4, -0.2) is 241 Å². The minimum Gasteiger partial charge on any atom is -0.458 e. The van der Waals surface area contributed by atoms with Gasteiger partial charge in [-0.2, -0.15) is 0 Å². The summed E-state index contributed by atoms with van der Waals surface area (Å²) in [5.41, 5.74) is 1.12. The summed E-state index contributed by atoms with van der Waals surface area (Å²) in [4.78, 5) is 15.4. The molecule has 0 radical (unpaired) electrons. The predicted octanol–water partition coefficient (Wildman–Crippen LogP) is 5.29. The van der Waals surface area contributed by atoms with Crippen molar-refractivity contribution in [1.82, 2.24) is 4.90 Å². The molecule has 3 aliphatic rings. The number of cyclic esters (lactones) is 1. The Labute approximate surface area is 562 Å². The van der Waals surface area contributed by atoms with E-state index >= 15 is 0 Å². The van der Waals surface area contributed by atoms with Gasteiger partial charge in [-0.3, -0.25) is 4.79 Å². The molecule has 22 nitrogen and oxygen atoms in total. The molecular weight excluding hydrogens is 1210 g/mol. The number of carbonyl (C=O) groups excluding carboxylic acids is 1. The fourth-order valence-electron chi connectivity index (χ4n) is 13.4. The highest BCUT2D eigenvalue weighted by atomic mass is 16.7. The van der Waals surface area contributed by atoms with E-state index in [4.69, 9.17) is 18.9 Å². The molecule has 3 rings (SSSR count). The van der Waals surface area contributed by atoms with E-state index in [2.05, 4.69) is 6.92 Å². The highest BCUT2D eigenvalue weighted by Crippen LogP contribution is 2.42. The van der Waals surface area contributed by atoms with E-state index < -0.39 is 170 Å². The molecule has 28 atom stereocenters. The zero-order valence-electron chi connectivity index (χ0n) is 59.0. The maximum absolute atomic E-state index is 13.7. The maximum atomic E-state index is 13.7. The number of allylic oxidation sites excluding steroid dienone is 2. The summed E-state index contributed by atoms with van der Waals surface area (Å²) in [5.74, 6) is -6.48. The topological polar surface area (TPSA) is 381 Å². The average molecular weight is 1350 g/mol. The van der Waals surface area contributed by atoms with Crippen LogP contribution in [0.5, 0.6) is 0 Å². The Bertz CT molecular complexity index is 2200. The number of rotatable bonds is 8. The van der Waals surface area contributed by atoms with E-state index in [1.54, 1.807) is 92.6 Å². The van der Waals surface area contributed by atoms with Crippen molar-refractivity contribution in [1.29, 1.82) is 0 Å². The first kappa shape index (κ1) is 85.9. The fraction of sp³-hybridized carbons (Fsp3) is 0.875. The molecular formula is C72H131NO21. The number of nitrogens with zero attached hydrogens (tertiary/aromatic N) is 1. The standard InChI is InChI=1S/C72H131NO21/c1-13-14-15-16-23-51-35-44(4)63(85)38-54(76)26-20-29-58(80)46(6)57(79)27-18-17-22-43(3)68(87)48(8)64-40-65(93-71-70(89)67(73(11)12)69(88)50(10)92-71)49(9)72(90,94-64)41-66(86)91-45(5)32-33-55(77)36-52(74)24-19-28-59(81)47(7)60(82)34-31-42(2)62(84)39-56(78)37-53(75)25-21-30-61(51)83/h17-18,22,32-33,35,42,45-65,67-71,74-85,87-90H,13-16,19-21,23-31,34,36-41H2,1-12H3/b18-17+,33-32+,43-22+,44-35+/t42?,45?,46?,47?,48?,49?,50-,51?,52?,53?,54?,55?,56?,57?,58?,59?,60?,61?,62?,63?,64?,65?,67+,68?,69-,70-,71+,72?/m1/s1. The zero-order chi connectivity index (χ0) is 70.7. The summed E-state index contributed by atoms with van der Waals surface area (Å²) in [7, 11) is 3.41. The largest absolute Gasteiger partial charge is 0.458 e. The molecule has 0 aliphatic carbocycles. The number of fused-ring (bicyclic) bond motifs is 2. The van der Waals surface area contributed by atoms with Gasteiger partial charge in [0, 0.05) is 48.9 Å². The summed E-state index contributed by atoms with van der Waals surface area (Å²) < 4.78 is 24.5. The number of aliphatic hydroxyl groups excluding tert-OH is 15. The zero-order valence-corrected chi connectivity index (χ0v) is 59.0. The van der Waals surface area contributed by atoms with E-state index in [0.29, 0.717) is 62.5 Å². The Balaban J connectivity index is 1.84. The summed E-state index contributed by atoms with van der Waals surface area (Å²) >= 11 is 0. The summed E-state index contributed by atoms with van der Waals surface area (Å²) in [5, 5.41) is 179. The molecule has 22 heteroatoms. The molecule has 94 heavy (non-hydrogen) atoms. The Morgan fingerprint density at radius 2 is 1.17 bits per heavy atom. The average Bonchev–Trinajstić information content (AvgIpc) is 0.777. The third-order valence-corrected chi connectivity index (χ3v) is 20.6. The first-order chi connectivity index (χ1) is 44.1. The van der Waals surface area contributed by atoms with Crippen LogP contribution >= 0.6 is 0 Å². The van der Waals surface area contributed by atoms with Crippen molar-refractivity contribution in [2.45, 2.75) is 351 Å². The lowest BCUT2D eigenvalue weighted by Gasteiger charge is -2.50. The lowest BCUT2D eigenvalue weighted by molar-refractivity contribution is -0.351. The minimum atomic E-state index is -2.25. The Morgan fingerprint density at radius 1 is 0.596 bits per heavy atom. The second kappa shape index (κ2) is 43.3. The van der Waals surface area contributed by atoms with Crippen molar-refractivity contribution in [3.63, 3.8) is 0 Å². The second-order valence-corrected chi connectivity index (χ2v) is 29.0. The molecule has 2 saturated heterocycles. The smallest absolute Gasteiger partial charge is 0.311 e. The molecule has 2 fully saturated rings. The molecule has 2 bridgehead atoms. The van der Waals surface area contributed by atoms with Gasteiger partial charge in [-0.05, 0) is 161 Å². The van der Waals surface area contributed by atoms with E-state index in [1.165, 1.54) is 12.2 Å². The van der Waals surface area contributed by atoms with Gasteiger partial charge in [0.25, 0.3) is 0 Å². The summed E-state index contributed by atoms with van der Waals surface area (Å²) in [6.45, 7) is 17.4. The van der Waals surface area contributed by atoms with Crippen molar-refractivity contribution >= 4 is 5.97 Å². The fourth-order valence-corrected chi connectivity index (χ4v) is 13.4. The van der Waals surface area contributed by atoms with Crippen molar-refractivity contribution in [3.8, 4) is 0 Å². The molecule has 0 aromatic heterocycles. The quantitative estimate of drug-likeness (QED) is 0.0834. The van der Waals surface area contributed by atoms with E-state index in [-0.39, 0.29) is 76.0 Å². The molecule has 0 amide bonds. The number of hydrogen-bond acceptors (Lipinski definition) is 22. The molecule has 0 saturated carbocycles. The maximum Gasteiger partial charge on any atom is 0.311 e. The van der Waals surface area contributed by atoms with Crippen LogP contribution in [-0.2, 0) is 23.7 Å². The van der Waals surface area contributed by atoms with Gasteiger partial charge in [0.15, 0.2) is 12.1 Å². The Kier molecular flexibility index (Phi) is 39.6. The third-order valence-electron chi connectivity index (χ3n) is 20.6. The van der Waals surface area contributed by atoms with Crippen LogP contribution in [0.4, 0.5) is 0 Å².